The van der Waals surface area contributed by atoms with Gasteiger partial charge in [-0.25, -0.2) is 0 Å². The van der Waals surface area contributed by atoms with Gasteiger partial charge in [0.1, 0.15) is 0 Å². The molecular weight excluding hydrogens is 701 g/mol. The first-order chi connectivity index (χ1) is 28.4. The van der Waals surface area contributed by atoms with Crippen molar-refractivity contribution in [1.82, 2.24) is 0 Å². The second-order valence-corrected chi connectivity index (χ2v) is 16.3. The van der Waals surface area contributed by atoms with Crippen LogP contribution >= 0.6 is 0 Å². The van der Waals surface area contributed by atoms with E-state index in [1.165, 1.54) is 61.0 Å². The van der Waals surface area contributed by atoms with Crippen molar-refractivity contribution in [2.45, 2.75) is 32.6 Å². The van der Waals surface area contributed by atoms with E-state index >= 15 is 0 Å². The molecule has 8 aromatic rings. The maximum Gasteiger partial charge on any atom is 0.0621 e. The fourth-order valence-corrected chi connectivity index (χ4v) is 9.16. The number of hydrogen-bond acceptors (Lipinski definition) is 2. The van der Waals surface area contributed by atoms with Gasteiger partial charge >= 0.3 is 0 Å². The van der Waals surface area contributed by atoms with Gasteiger partial charge in [-0.15, -0.1) is 0 Å². The van der Waals surface area contributed by atoms with E-state index in [4.69, 9.17) is 0 Å². The van der Waals surface area contributed by atoms with Crippen LogP contribution in [-0.2, 0) is 5.41 Å². The molecule has 0 saturated carbocycles. The fraction of sp³-hybridized carbons (Fsp3) is 0.107. The Morgan fingerprint density at radius 2 is 1.02 bits per heavy atom. The lowest BCUT2D eigenvalue weighted by Gasteiger charge is -2.30. The Balaban J connectivity index is 1.15. The van der Waals surface area contributed by atoms with Crippen LogP contribution in [-0.4, -0.2) is 0 Å². The van der Waals surface area contributed by atoms with Gasteiger partial charge in [0.05, 0.1) is 5.69 Å². The van der Waals surface area contributed by atoms with Crippen LogP contribution in [0.3, 0.4) is 0 Å². The zero-order chi connectivity index (χ0) is 39.2. The van der Waals surface area contributed by atoms with E-state index in [0.29, 0.717) is 5.92 Å². The van der Waals surface area contributed by atoms with E-state index in [1.807, 2.05) is 0 Å². The largest absolute Gasteiger partial charge is 0.310 e. The van der Waals surface area contributed by atoms with E-state index in [9.17, 15) is 0 Å². The van der Waals surface area contributed by atoms with Crippen LogP contribution < -0.4 is 9.80 Å². The minimum Gasteiger partial charge on any atom is -0.310 e. The van der Waals surface area contributed by atoms with Gasteiger partial charge in [-0.1, -0.05) is 160 Å². The second-order valence-electron chi connectivity index (χ2n) is 16.3. The molecule has 1 atom stereocenters. The fourth-order valence-electron chi connectivity index (χ4n) is 9.16. The monoisotopic (exact) mass is 746 g/mol. The first-order valence-corrected chi connectivity index (χ1v) is 20.5. The number of fused-ring (bicyclic) bond motifs is 4. The van der Waals surface area contributed by atoms with Gasteiger partial charge < -0.3 is 9.80 Å². The van der Waals surface area contributed by atoms with Gasteiger partial charge in [-0.2, -0.15) is 0 Å². The van der Waals surface area contributed by atoms with Crippen LogP contribution in [0.1, 0.15) is 43.9 Å². The van der Waals surface area contributed by atoms with Crippen LogP contribution in [0, 0.1) is 5.92 Å². The lowest BCUT2D eigenvalue weighted by molar-refractivity contribution is 0.661. The molecule has 58 heavy (non-hydrogen) atoms. The van der Waals surface area contributed by atoms with Crippen LogP contribution in [0.4, 0.5) is 34.1 Å². The summed E-state index contributed by atoms with van der Waals surface area (Å²) >= 11 is 0. The number of rotatable bonds is 8. The Bertz CT molecular complexity index is 2820. The molecule has 0 heterocycles. The molecule has 0 spiro atoms. The molecule has 0 aliphatic heterocycles. The average molecular weight is 747 g/mol. The summed E-state index contributed by atoms with van der Waals surface area (Å²) in [5, 5.41) is 2.48. The van der Waals surface area contributed by atoms with E-state index in [0.717, 1.165) is 34.9 Å². The van der Waals surface area contributed by atoms with Crippen molar-refractivity contribution in [3.63, 3.8) is 0 Å². The van der Waals surface area contributed by atoms with Gasteiger partial charge in [0.2, 0.25) is 0 Å². The van der Waals surface area contributed by atoms with Crippen LogP contribution in [0.5, 0.6) is 0 Å². The summed E-state index contributed by atoms with van der Waals surface area (Å²) in [4.78, 5) is 4.88. The predicted molar refractivity (Wildman–Crippen MR) is 247 cm³/mol. The molecule has 0 aromatic heterocycles. The van der Waals surface area contributed by atoms with E-state index < -0.39 is 0 Å². The molecule has 2 heteroatoms. The summed E-state index contributed by atoms with van der Waals surface area (Å²) in [6.07, 6.45) is 8.07. The minimum absolute atomic E-state index is 0.262. The highest BCUT2D eigenvalue weighted by molar-refractivity contribution is 6.10. The standard InChI is InChI=1S/C56H46N2/c1-39-16-15-20-43(36-39)42-28-32-48(33-29-42)58(46-23-11-6-12-24-46)55-50-25-14-13-19-44(50)37-53-54(55)51-35-34-49(38-52(51)56(53,2)3)57(45-21-9-5-10-22-45)47-30-26-41(27-31-47)40-17-7-4-8-18-40/h4-15,17-39H,16H2,1-3H3. The predicted octanol–water partition coefficient (Wildman–Crippen LogP) is 15.7. The Kier molecular flexibility index (Phi) is 8.91. The van der Waals surface area contributed by atoms with Gasteiger partial charge in [0.25, 0.3) is 0 Å². The van der Waals surface area contributed by atoms with Gasteiger partial charge in [-0.3, -0.25) is 0 Å². The molecule has 0 amide bonds. The first kappa shape index (κ1) is 35.5. The molecule has 2 aliphatic carbocycles. The number of allylic oxidation sites excluding steroid dienone is 4. The first-order valence-electron chi connectivity index (χ1n) is 20.5. The zero-order valence-electron chi connectivity index (χ0n) is 33.3. The molecular formula is C56H46N2. The summed E-state index contributed by atoms with van der Waals surface area (Å²) in [6.45, 7) is 7.09. The van der Waals surface area contributed by atoms with E-state index in [-0.39, 0.29) is 5.41 Å². The lowest BCUT2D eigenvalue weighted by atomic mass is 9.81. The van der Waals surface area contributed by atoms with Crippen molar-refractivity contribution in [3.05, 3.63) is 223 Å². The molecule has 0 saturated heterocycles. The molecule has 2 nitrogen and oxygen atoms in total. The molecule has 0 fully saturated rings. The van der Waals surface area contributed by atoms with Crippen molar-refractivity contribution >= 4 is 50.5 Å². The Morgan fingerprint density at radius 1 is 0.483 bits per heavy atom. The molecule has 280 valence electrons. The number of anilines is 6. The normalized spacial score (nSPS) is 15.1. The summed E-state index contributed by atoms with van der Waals surface area (Å²) < 4.78 is 0. The van der Waals surface area contributed by atoms with Gasteiger partial charge in [-0.05, 0) is 123 Å². The van der Waals surface area contributed by atoms with Crippen molar-refractivity contribution in [2.24, 2.45) is 5.92 Å². The number of para-hydroxylation sites is 2. The molecule has 0 radical (unpaired) electrons. The average Bonchev–Trinajstić information content (AvgIpc) is 3.50. The Labute approximate surface area is 342 Å². The highest BCUT2D eigenvalue weighted by Gasteiger charge is 2.40. The van der Waals surface area contributed by atoms with Crippen LogP contribution in [0.2, 0.25) is 0 Å². The Hall–Kier alpha value is -6.90. The van der Waals surface area contributed by atoms with Crippen LogP contribution in [0.15, 0.2) is 206 Å². The summed E-state index contributed by atoms with van der Waals surface area (Å²) in [7, 11) is 0. The third-order valence-electron chi connectivity index (χ3n) is 12.1. The lowest BCUT2D eigenvalue weighted by Crippen LogP contribution is -2.17. The second kappa shape index (κ2) is 14.6. The molecule has 0 N–H and O–H groups in total. The number of nitrogens with zero attached hydrogens (tertiary/aromatic N) is 2. The maximum atomic E-state index is 2.49. The van der Waals surface area contributed by atoms with Crippen LogP contribution in [0.25, 0.3) is 38.6 Å². The number of hydrogen-bond donors (Lipinski definition) is 0. The van der Waals surface area contributed by atoms with Gasteiger partial charge in [0.15, 0.2) is 0 Å². The Morgan fingerprint density at radius 3 is 1.69 bits per heavy atom. The van der Waals surface area contributed by atoms with Crippen molar-refractivity contribution in [2.75, 3.05) is 9.80 Å². The summed E-state index contributed by atoms with van der Waals surface area (Å²) in [6, 6.07) is 68.9. The van der Waals surface area contributed by atoms with Gasteiger partial charge in [0, 0.05) is 44.8 Å². The maximum absolute atomic E-state index is 2.49. The summed E-state index contributed by atoms with van der Waals surface area (Å²) in [5.41, 5.74) is 16.8. The number of benzene rings is 8. The quantitative estimate of drug-likeness (QED) is 0.153. The van der Waals surface area contributed by atoms with E-state index in [2.05, 4.69) is 237 Å². The highest BCUT2D eigenvalue weighted by atomic mass is 15.2. The highest BCUT2D eigenvalue weighted by Crippen LogP contribution is 2.57. The SMILES string of the molecule is CC1C=C(c2ccc(N(c3ccccc3)c3c4c(cc5ccccc35)C(C)(C)c3cc(N(c5ccccc5)c5ccc(-c6ccccc6)cc5)ccc3-4)cc2)C=CC1. The smallest absolute Gasteiger partial charge is 0.0621 e. The molecule has 0 bridgehead atoms. The third kappa shape index (κ3) is 6.22. The third-order valence-corrected chi connectivity index (χ3v) is 12.1. The minimum atomic E-state index is -0.262. The molecule has 10 rings (SSSR count). The van der Waals surface area contributed by atoms with Crippen molar-refractivity contribution in [1.29, 1.82) is 0 Å². The van der Waals surface area contributed by atoms with Crippen molar-refractivity contribution in [3.8, 4) is 22.3 Å². The summed E-state index contributed by atoms with van der Waals surface area (Å²) in [5.74, 6) is 0.544. The topological polar surface area (TPSA) is 6.48 Å². The molecule has 1 unspecified atom stereocenters. The van der Waals surface area contributed by atoms with Crippen molar-refractivity contribution < 1.29 is 0 Å². The van der Waals surface area contributed by atoms with E-state index in [1.54, 1.807) is 0 Å². The zero-order valence-corrected chi connectivity index (χ0v) is 33.3. The molecule has 2 aliphatic rings. The molecule has 8 aromatic carbocycles.